The molecule has 3 amide bonds. The Bertz CT molecular complexity index is 767. The maximum atomic E-state index is 12.1. The summed E-state index contributed by atoms with van der Waals surface area (Å²) in [6.45, 7) is 9.13. The first-order valence-corrected chi connectivity index (χ1v) is 8.73. The Morgan fingerprint density at radius 3 is 2.52 bits per heavy atom. The van der Waals surface area contributed by atoms with Gasteiger partial charge in [-0.3, -0.25) is 10.1 Å². The van der Waals surface area contributed by atoms with Crippen LogP contribution in [0.4, 0.5) is 4.79 Å². The normalized spacial score (nSPS) is 12.5. The van der Waals surface area contributed by atoms with Gasteiger partial charge in [-0.1, -0.05) is 30.0 Å². The standard InChI is InChI=1S/C17H22N4O3S/c1-10-8-6-7-9-12(10)14-20-21-16(24-14)25-11(2)13(22)18-15(23)19-17(3,4)5/h6-9,11H,1-5H3,(H2,18,19,22,23). The van der Waals surface area contributed by atoms with Crippen LogP contribution in [0.25, 0.3) is 11.5 Å². The SMILES string of the molecule is Cc1ccccc1-c1nnc(SC(C)C(=O)NC(=O)NC(C)(C)C)o1. The molecule has 0 saturated heterocycles. The number of carbonyl (C=O) groups excluding carboxylic acids is 2. The first-order chi connectivity index (χ1) is 11.7. The number of aromatic nitrogens is 2. The van der Waals surface area contributed by atoms with Gasteiger partial charge in [0.15, 0.2) is 0 Å². The Labute approximate surface area is 151 Å². The molecule has 2 rings (SSSR count). The number of carbonyl (C=O) groups is 2. The summed E-state index contributed by atoms with van der Waals surface area (Å²) < 4.78 is 5.62. The Kier molecular flexibility index (Phi) is 5.84. The lowest BCUT2D eigenvalue weighted by molar-refractivity contribution is -0.119. The summed E-state index contributed by atoms with van der Waals surface area (Å²) >= 11 is 1.10. The summed E-state index contributed by atoms with van der Waals surface area (Å²) in [5, 5.41) is 12.7. The molecule has 0 spiro atoms. The topological polar surface area (TPSA) is 97.1 Å². The van der Waals surface area contributed by atoms with Crippen LogP contribution in [0.3, 0.4) is 0 Å². The highest BCUT2D eigenvalue weighted by Gasteiger charge is 2.22. The zero-order valence-corrected chi connectivity index (χ0v) is 15.7. The largest absolute Gasteiger partial charge is 0.411 e. The highest BCUT2D eigenvalue weighted by molar-refractivity contribution is 8.00. The number of hydrogen-bond donors (Lipinski definition) is 2. The quantitative estimate of drug-likeness (QED) is 0.811. The van der Waals surface area contributed by atoms with Crippen molar-refractivity contribution in [1.29, 1.82) is 0 Å². The van der Waals surface area contributed by atoms with Gasteiger partial charge in [-0.2, -0.15) is 0 Å². The van der Waals surface area contributed by atoms with Crippen LogP contribution in [0.5, 0.6) is 0 Å². The molecule has 1 aromatic heterocycles. The Hall–Kier alpha value is -2.35. The number of aryl methyl sites for hydroxylation is 1. The smallest absolute Gasteiger partial charge is 0.321 e. The van der Waals surface area contributed by atoms with Gasteiger partial charge >= 0.3 is 6.03 Å². The molecule has 25 heavy (non-hydrogen) atoms. The molecule has 2 aromatic rings. The fraction of sp³-hybridized carbons (Fsp3) is 0.412. The molecule has 134 valence electrons. The van der Waals surface area contributed by atoms with Gasteiger partial charge in [0, 0.05) is 11.1 Å². The van der Waals surface area contributed by atoms with Crippen molar-refractivity contribution < 1.29 is 14.0 Å². The van der Waals surface area contributed by atoms with E-state index < -0.39 is 22.7 Å². The zero-order valence-electron chi connectivity index (χ0n) is 14.9. The van der Waals surface area contributed by atoms with E-state index in [2.05, 4.69) is 20.8 Å². The highest BCUT2D eigenvalue weighted by atomic mass is 32.2. The minimum absolute atomic E-state index is 0.275. The van der Waals surface area contributed by atoms with Gasteiger partial charge in [0.2, 0.25) is 11.8 Å². The monoisotopic (exact) mass is 362 g/mol. The van der Waals surface area contributed by atoms with Crippen molar-refractivity contribution >= 4 is 23.7 Å². The lowest BCUT2D eigenvalue weighted by Crippen LogP contribution is -2.49. The van der Waals surface area contributed by atoms with Crippen LogP contribution < -0.4 is 10.6 Å². The summed E-state index contributed by atoms with van der Waals surface area (Å²) in [6, 6.07) is 7.14. The van der Waals surface area contributed by atoms with E-state index in [1.54, 1.807) is 6.92 Å². The number of amides is 3. The van der Waals surface area contributed by atoms with E-state index in [0.717, 1.165) is 22.9 Å². The van der Waals surface area contributed by atoms with E-state index >= 15 is 0 Å². The van der Waals surface area contributed by atoms with Gasteiger partial charge in [0.1, 0.15) is 0 Å². The van der Waals surface area contributed by atoms with Crippen molar-refractivity contribution in [2.24, 2.45) is 0 Å². The van der Waals surface area contributed by atoms with Crippen molar-refractivity contribution in [3.8, 4) is 11.5 Å². The maximum Gasteiger partial charge on any atom is 0.321 e. The molecule has 1 atom stereocenters. The average Bonchev–Trinajstić information content (AvgIpc) is 2.93. The lowest BCUT2D eigenvalue weighted by Gasteiger charge is -2.20. The van der Waals surface area contributed by atoms with Gasteiger partial charge in [0.05, 0.1) is 5.25 Å². The molecule has 2 N–H and O–H groups in total. The summed E-state index contributed by atoms with van der Waals surface area (Å²) in [6.07, 6.45) is 0. The maximum absolute atomic E-state index is 12.1. The number of nitrogens with zero attached hydrogens (tertiary/aromatic N) is 2. The van der Waals surface area contributed by atoms with Gasteiger partial charge in [-0.25, -0.2) is 4.79 Å². The second-order valence-electron chi connectivity index (χ2n) is 6.64. The summed E-state index contributed by atoms with van der Waals surface area (Å²) in [5.41, 5.74) is 1.45. The number of thioether (sulfide) groups is 1. The van der Waals surface area contributed by atoms with E-state index in [0.29, 0.717) is 5.89 Å². The number of hydrogen-bond acceptors (Lipinski definition) is 6. The number of benzene rings is 1. The van der Waals surface area contributed by atoms with Crippen LogP contribution in [0.15, 0.2) is 33.9 Å². The first-order valence-electron chi connectivity index (χ1n) is 7.85. The van der Waals surface area contributed by atoms with Gasteiger partial charge in [-0.05, 0) is 46.2 Å². The van der Waals surface area contributed by atoms with Crippen LogP contribution in [0.1, 0.15) is 33.3 Å². The minimum atomic E-state index is -0.559. The molecule has 0 aliphatic carbocycles. The van der Waals surface area contributed by atoms with E-state index in [4.69, 9.17) is 4.42 Å². The van der Waals surface area contributed by atoms with Crippen LogP contribution in [-0.4, -0.2) is 32.9 Å². The molecule has 0 aliphatic rings. The summed E-state index contributed by atoms with van der Waals surface area (Å²) in [4.78, 5) is 23.8. The van der Waals surface area contributed by atoms with E-state index in [1.165, 1.54) is 0 Å². The van der Waals surface area contributed by atoms with E-state index in [1.807, 2.05) is 52.0 Å². The van der Waals surface area contributed by atoms with E-state index in [9.17, 15) is 9.59 Å². The van der Waals surface area contributed by atoms with Crippen molar-refractivity contribution in [2.75, 3.05) is 0 Å². The first kappa shape index (κ1) is 19.0. The highest BCUT2D eigenvalue weighted by Crippen LogP contribution is 2.27. The predicted octanol–water partition coefficient (Wildman–Crippen LogP) is 3.15. The van der Waals surface area contributed by atoms with Gasteiger partial charge < -0.3 is 9.73 Å². The molecule has 0 saturated carbocycles. The van der Waals surface area contributed by atoms with Crippen molar-refractivity contribution in [1.82, 2.24) is 20.8 Å². The van der Waals surface area contributed by atoms with Gasteiger partial charge in [-0.15, -0.1) is 10.2 Å². The molecule has 7 nitrogen and oxygen atoms in total. The van der Waals surface area contributed by atoms with Crippen LogP contribution in [0.2, 0.25) is 0 Å². The molecule has 8 heteroatoms. The van der Waals surface area contributed by atoms with Crippen LogP contribution in [0, 0.1) is 6.92 Å². The average molecular weight is 362 g/mol. The summed E-state index contributed by atoms with van der Waals surface area (Å²) in [5.74, 6) is -0.0268. The Balaban J connectivity index is 1.97. The second-order valence-corrected chi connectivity index (χ2v) is 7.93. The Morgan fingerprint density at radius 2 is 1.88 bits per heavy atom. The number of nitrogens with one attached hydrogen (secondary N) is 2. The van der Waals surface area contributed by atoms with Crippen LogP contribution in [-0.2, 0) is 4.79 Å². The predicted molar refractivity (Wildman–Crippen MR) is 96.2 cm³/mol. The summed E-state index contributed by atoms with van der Waals surface area (Å²) in [7, 11) is 0. The molecule has 1 heterocycles. The fourth-order valence-electron chi connectivity index (χ4n) is 1.97. The third-order valence-electron chi connectivity index (χ3n) is 3.15. The van der Waals surface area contributed by atoms with Crippen molar-refractivity contribution in [3.63, 3.8) is 0 Å². The molecule has 0 bridgehead atoms. The second kappa shape index (κ2) is 7.69. The Morgan fingerprint density at radius 1 is 1.20 bits per heavy atom. The molecule has 1 unspecified atom stereocenters. The molecule has 0 radical (unpaired) electrons. The molecule has 0 aliphatic heterocycles. The van der Waals surface area contributed by atoms with Crippen LogP contribution >= 0.6 is 11.8 Å². The minimum Gasteiger partial charge on any atom is -0.411 e. The lowest BCUT2D eigenvalue weighted by atomic mass is 10.1. The molecule has 1 aromatic carbocycles. The molecular formula is C17H22N4O3S. The number of imide groups is 1. The third-order valence-corrected chi connectivity index (χ3v) is 4.09. The molecule has 0 fully saturated rings. The van der Waals surface area contributed by atoms with Crippen molar-refractivity contribution in [3.05, 3.63) is 29.8 Å². The number of urea groups is 1. The third kappa shape index (κ3) is 5.60. The van der Waals surface area contributed by atoms with Gasteiger partial charge in [0.25, 0.3) is 5.22 Å². The fourth-order valence-corrected chi connectivity index (χ4v) is 2.65. The van der Waals surface area contributed by atoms with E-state index in [-0.39, 0.29) is 5.22 Å². The van der Waals surface area contributed by atoms with Crippen molar-refractivity contribution in [2.45, 2.75) is 50.6 Å². The number of rotatable bonds is 4. The molecular weight excluding hydrogens is 340 g/mol. The zero-order chi connectivity index (χ0) is 18.6.